The number of nitrogens with one attached hydrogen (secondary N) is 2. The van der Waals surface area contributed by atoms with E-state index in [1.165, 1.54) is 7.11 Å². The number of nitrogens with two attached hydrogens (primary N) is 1. The van der Waals surface area contributed by atoms with E-state index in [1.807, 2.05) is 36.4 Å². The summed E-state index contributed by atoms with van der Waals surface area (Å²) in [5.74, 6) is -1.35. The van der Waals surface area contributed by atoms with Gasteiger partial charge in [-0.25, -0.2) is 4.79 Å². The summed E-state index contributed by atoms with van der Waals surface area (Å²) in [5.41, 5.74) is 7.09. The number of esters is 1. The first-order valence-corrected chi connectivity index (χ1v) is 8.69. The summed E-state index contributed by atoms with van der Waals surface area (Å²) in [6, 6.07) is 17.9. The molecule has 2 aromatic heterocycles. The number of amides is 1. The summed E-state index contributed by atoms with van der Waals surface area (Å²) in [6.45, 7) is 0. The van der Waals surface area contributed by atoms with Gasteiger partial charge < -0.3 is 25.9 Å². The minimum absolute atomic E-state index is 0.133. The quantitative estimate of drug-likeness (QED) is 0.0854. The van der Waals surface area contributed by atoms with Gasteiger partial charge in [0.15, 0.2) is 5.69 Å². The average molecular weight is 409 g/mol. The summed E-state index contributed by atoms with van der Waals surface area (Å²) in [4.78, 5) is 25.7. The summed E-state index contributed by atoms with van der Waals surface area (Å²) in [6.07, 6.45) is 0. The van der Waals surface area contributed by atoms with Gasteiger partial charge in [0, 0.05) is 16.3 Å². The molecule has 10 nitrogen and oxygen atoms in total. The number of hydrogen-bond acceptors (Lipinski definition) is 6. The largest absolute Gasteiger partial charge is 0.464 e. The Morgan fingerprint density at radius 1 is 1.10 bits per heavy atom. The molecular formula is C20H19N5O5. The van der Waals surface area contributed by atoms with Crippen molar-refractivity contribution >= 4 is 39.6 Å². The Labute approximate surface area is 170 Å². The van der Waals surface area contributed by atoms with Crippen LogP contribution in [0.25, 0.3) is 21.8 Å². The molecule has 2 heterocycles. The van der Waals surface area contributed by atoms with E-state index in [0.29, 0.717) is 11.2 Å². The lowest BCUT2D eigenvalue weighted by atomic mass is 10.2. The third kappa shape index (κ3) is 4.17. The Kier molecular flexibility index (Phi) is 5.87. The van der Waals surface area contributed by atoms with E-state index >= 15 is 0 Å². The maximum absolute atomic E-state index is 11.6. The lowest BCUT2D eigenvalue weighted by molar-refractivity contribution is 0.0553. The Hall–Kier alpha value is -4.47. The number of benzene rings is 2. The minimum Gasteiger partial charge on any atom is -0.464 e. The van der Waals surface area contributed by atoms with Crippen LogP contribution in [0.1, 0.15) is 21.0 Å². The number of nitrogens with zero attached hydrogens (tertiary/aromatic N) is 2. The number of oxime groups is 1. The van der Waals surface area contributed by atoms with E-state index in [-0.39, 0.29) is 11.7 Å². The van der Waals surface area contributed by atoms with Crippen molar-refractivity contribution in [2.24, 2.45) is 10.9 Å². The topological polar surface area (TPSA) is 155 Å². The van der Waals surface area contributed by atoms with Crippen molar-refractivity contribution in [2.75, 3.05) is 7.11 Å². The third-order valence-electron chi connectivity index (χ3n) is 4.20. The van der Waals surface area contributed by atoms with Crippen LogP contribution in [0.3, 0.4) is 0 Å². The predicted molar refractivity (Wildman–Crippen MR) is 110 cm³/mol. The summed E-state index contributed by atoms with van der Waals surface area (Å²) < 4.78 is 5.36. The molecule has 0 spiro atoms. The van der Waals surface area contributed by atoms with Crippen LogP contribution in [-0.4, -0.2) is 45.1 Å². The molecular weight excluding hydrogens is 390 g/mol. The molecule has 0 aliphatic rings. The fraction of sp³-hybridized carbons (Fsp3) is 0.0500. The van der Waals surface area contributed by atoms with Crippen molar-refractivity contribution in [2.45, 2.75) is 0 Å². The van der Waals surface area contributed by atoms with Crippen molar-refractivity contribution in [3.05, 3.63) is 72.1 Å². The standard InChI is InChI=1S/C10H10N4O2.C10H9NO3/c11-10(14-16)13-9(15)8-5-6-3-1-2-4-7(6)12-8;1-14-10(12)9-6-7-4-2-3-5-8(7)11(9)13/h1-5,12,16H,(H3,11,13,14,15);2-6,13H,1H3. The van der Waals surface area contributed by atoms with Crippen LogP contribution in [0.4, 0.5) is 0 Å². The molecule has 0 unspecified atom stereocenters. The van der Waals surface area contributed by atoms with Gasteiger partial charge in [-0.05, 0) is 24.3 Å². The van der Waals surface area contributed by atoms with E-state index in [2.05, 4.69) is 20.2 Å². The number of H-pyrrole nitrogens is 1. The molecule has 30 heavy (non-hydrogen) atoms. The number of para-hydroxylation sites is 2. The summed E-state index contributed by atoms with van der Waals surface area (Å²) >= 11 is 0. The second-order valence-corrected chi connectivity index (χ2v) is 6.10. The van der Waals surface area contributed by atoms with E-state index in [9.17, 15) is 14.8 Å². The first-order valence-electron chi connectivity index (χ1n) is 8.69. The lowest BCUT2D eigenvalue weighted by Gasteiger charge is -1.99. The third-order valence-corrected chi connectivity index (χ3v) is 4.20. The van der Waals surface area contributed by atoms with Crippen molar-refractivity contribution in [1.29, 1.82) is 0 Å². The van der Waals surface area contributed by atoms with Gasteiger partial charge in [0.05, 0.1) is 12.6 Å². The van der Waals surface area contributed by atoms with Crippen molar-refractivity contribution in [1.82, 2.24) is 15.0 Å². The van der Waals surface area contributed by atoms with Gasteiger partial charge in [-0.3, -0.25) is 10.1 Å². The van der Waals surface area contributed by atoms with Crippen LogP contribution in [-0.2, 0) is 4.74 Å². The number of aromatic nitrogens is 2. The zero-order valence-corrected chi connectivity index (χ0v) is 15.9. The molecule has 6 N–H and O–H groups in total. The molecule has 154 valence electrons. The highest BCUT2D eigenvalue weighted by molar-refractivity contribution is 6.06. The number of guanidine groups is 1. The number of methoxy groups -OCH3 is 1. The molecule has 10 heteroatoms. The Morgan fingerprint density at radius 2 is 1.77 bits per heavy atom. The van der Waals surface area contributed by atoms with Crippen LogP contribution in [0.15, 0.2) is 65.8 Å². The number of hydrogen-bond donors (Lipinski definition) is 5. The van der Waals surface area contributed by atoms with E-state index in [1.54, 1.807) is 24.3 Å². The summed E-state index contributed by atoms with van der Waals surface area (Å²) in [5, 5.41) is 24.5. The fourth-order valence-corrected chi connectivity index (χ4v) is 2.79. The average Bonchev–Trinajstić information content (AvgIpc) is 3.35. The van der Waals surface area contributed by atoms with Crippen LogP contribution in [0, 0.1) is 0 Å². The Balaban J connectivity index is 0.000000172. The van der Waals surface area contributed by atoms with Crippen molar-refractivity contribution < 1.29 is 24.7 Å². The normalized spacial score (nSPS) is 11.0. The molecule has 0 radical (unpaired) electrons. The zero-order chi connectivity index (χ0) is 21.7. The molecule has 0 aliphatic carbocycles. The SMILES string of the molecule is COC(=O)c1cc2ccccc2n1O.NC(=NO)NC(=O)c1cc2ccccc2[nH]1. The highest BCUT2D eigenvalue weighted by Crippen LogP contribution is 2.18. The molecule has 0 aliphatic heterocycles. The fourth-order valence-electron chi connectivity index (χ4n) is 2.79. The Bertz CT molecular complexity index is 1210. The lowest BCUT2D eigenvalue weighted by Crippen LogP contribution is -2.36. The molecule has 2 aromatic carbocycles. The van der Waals surface area contributed by atoms with Crippen LogP contribution in [0.2, 0.25) is 0 Å². The van der Waals surface area contributed by atoms with Gasteiger partial charge in [0.2, 0.25) is 5.96 Å². The van der Waals surface area contributed by atoms with Gasteiger partial charge in [-0.15, -0.1) is 0 Å². The van der Waals surface area contributed by atoms with E-state index in [4.69, 9.17) is 10.9 Å². The second kappa shape index (κ2) is 8.69. The zero-order valence-electron chi connectivity index (χ0n) is 15.9. The van der Waals surface area contributed by atoms with Gasteiger partial charge in [-0.2, -0.15) is 4.73 Å². The van der Waals surface area contributed by atoms with E-state index < -0.39 is 11.9 Å². The molecule has 0 atom stereocenters. The smallest absolute Gasteiger partial charge is 0.358 e. The molecule has 0 fully saturated rings. The predicted octanol–water partition coefficient (Wildman–Crippen LogP) is 2.27. The number of rotatable bonds is 2. The molecule has 0 saturated heterocycles. The molecule has 1 amide bonds. The molecule has 0 bridgehead atoms. The Morgan fingerprint density at radius 3 is 2.40 bits per heavy atom. The van der Waals surface area contributed by atoms with Crippen LogP contribution < -0.4 is 11.1 Å². The first kappa shape index (κ1) is 20.3. The number of ether oxygens (including phenoxy) is 1. The molecule has 4 rings (SSSR count). The van der Waals surface area contributed by atoms with Crippen molar-refractivity contribution in [3.8, 4) is 0 Å². The number of fused-ring (bicyclic) bond motifs is 2. The van der Waals surface area contributed by atoms with Gasteiger partial charge in [0.25, 0.3) is 5.91 Å². The molecule has 0 saturated carbocycles. The van der Waals surface area contributed by atoms with Gasteiger partial charge in [-0.1, -0.05) is 41.6 Å². The van der Waals surface area contributed by atoms with Crippen LogP contribution >= 0.6 is 0 Å². The van der Waals surface area contributed by atoms with Crippen LogP contribution in [0.5, 0.6) is 0 Å². The number of carbonyl (C=O) groups excluding carboxylic acids is 2. The number of aromatic amines is 1. The van der Waals surface area contributed by atoms with Crippen molar-refractivity contribution in [3.63, 3.8) is 0 Å². The number of carbonyl (C=O) groups is 2. The van der Waals surface area contributed by atoms with E-state index in [0.717, 1.165) is 21.0 Å². The van der Waals surface area contributed by atoms with Gasteiger partial charge in [0.1, 0.15) is 5.69 Å². The summed E-state index contributed by atoms with van der Waals surface area (Å²) in [7, 11) is 1.28. The monoisotopic (exact) mass is 409 g/mol. The molecule has 4 aromatic rings. The van der Waals surface area contributed by atoms with Gasteiger partial charge >= 0.3 is 5.97 Å². The highest BCUT2D eigenvalue weighted by Gasteiger charge is 2.14. The highest BCUT2D eigenvalue weighted by atomic mass is 16.5. The maximum Gasteiger partial charge on any atom is 0.358 e. The first-order chi connectivity index (χ1) is 14.4. The minimum atomic E-state index is -0.552. The maximum atomic E-state index is 11.6. The second-order valence-electron chi connectivity index (χ2n) is 6.10.